The third kappa shape index (κ3) is 8.17. The molecule has 2 aromatic carbocycles. The molecule has 11 nitrogen and oxygen atoms in total. The summed E-state index contributed by atoms with van der Waals surface area (Å²) in [5.74, 6) is -1.36. The van der Waals surface area contributed by atoms with Gasteiger partial charge < -0.3 is 20.1 Å². The molecule has 4 aromatic rings. The molecule has 45 heavy (non-hydrogen) atoms. The van der Waals surface area contributed by atoms with Crippen molar-refractivity contribution in [2.75, 3.05) is 24.3 Å². The lowest BCUT2D eigenvalue weighted by Crippen LogP contribution is -2.26. The van der Waals surface area contributed by atoms with Gasteiger partial charge >= 0.3 is 11.9 Å². The summed E-state index contributed by atoms with van der Waals surface area (Å²) in [5.41, 5.74) is 4.29. The van der Waals surface area contributed by atoms with E-state index in [1.165, 1.54) is 0 Å². The van der Waals surface area contributed by atoms with Gasteiger partial charge in [0.15, 0.2) is 11.0 Å². The van der Waals surface area contributed by atoms with Crippen molar-refractivity contribution < 1.29 is 28.7 Å². The minimum absolute atomic E-state index is 0.0721. The van der Waals surface area contributed by atoms with Gasteiger partial charge in [0.05, 0.1) is 43.2 Å². The number of rotatable bonds is 13. The van der Waals surface area contributed by atoms with Gasteiger partial charge in [-0.15, -0.1) is 21.5 Å². The Morgan fingerprint density at radius 3 is 2.29 bits per heavy atom. The number of carbonyl (C=O) groups is 4. The number of thioether (sulfide) groups is 1. The van der Waals surface area contributed by atoms with Crippen molar-refractivity contribution in [3.63, 3.8) is 0 Å². The van der Waals surface area contributed by atoms with Gasteiger partial charge in [0.1, 0.15) is 9.88 Å². The number of carbonyl (C=O) groups excluding carboxylic acids is 4. The summed E-state index contributed by atoms with van der Waals surface area (Å²) in [5, 5.41) is 15.0. The first-order valence-electron chi connectivity index (χ1n) is 14.4. The molecule has 2 aromatic heterocycles. The number of anilines is 1. The summed E-state index contributed by atoms with van der Waals surface area (Å²) < 4.78 is 12.1. The van der Waals surface area contributed by atoms with Gasteiger partial charge in [0, 0.05) is 0 Å². The van der Waals surface area contributed by atoms with Crippen LogP contribution in [0.4, 0.5) is 5.00 Å². The second kappa shape index (κ2) is 15.5. The molecule has 2 amide bonds. The molecule has 0 unspecified atom stereocenters. The predicted octanol–water partition coefficient (Wildman–Crippen LogP) is 5.20. The number of benzene rings is 2. The molecule has 0 saturated carbocycles. The molecule has 0 aliphatic heterocycles. The van der Waals surface area contributed by atoms with Crippen molar-refractivity contribution in [2.24, 2.45) is 0 Å². The average molecular weight is 650 g/mol. The minimum Gasteiger partial charge on any atom is -0.462 e. The highest BCUT2D eigenvalue weighted by molar-refractivity contribution is 7.99. The fourth-order valence-electron chi connectivity index (χ4n) is 4.48. The third-order valence-corrected chi connectivity index (χ3v) is 8.96. The van der Waals surface area contributed by atoms with Crippen LogP contribution in [-0.2, 0) is 32.0 Å². The highest BCUT2D eigenvalue weighted by Crippen LogP contribution is 2.35. The molecule has 0 radical (unpaired) electrons. The van der Waals surface area contributed by atoms with Gasteiger partial charge in [0.2, 0.25) is 11.8 Å². The van der Waals surface area contributed by atoms with Crippen LogP contribution >= 0.6 is 23.1 Å². The molecule has 0 aliphatic carbocycles. The van der Waals surface area contributed by atoms with Crippen molar-refractivity contribution in [3.05, 3.63) is 87.0 Å². The minimum atomic E-state index is -0.640. The Hall–Kier alpha value is -4.49. The van der Waals surface area contributed by atoms with Crippen molar-refractivity contribution in [1.82, 2.24) is 20.1 Å². The highest BCUT2D eigenvalue weighted by atomic mass is 32.2. The van der Waals surface area contributed by atoms with Crippen molar-refractivity contribution >= 4 is 51.9 Å². The Labute approximate surface area is 269 Å². The number of nitrogens with zero attached hydrogens (tertiary/aromatic N) is 3. The molecule has 2 N–H and O–H groups in total. The number of amides is 2. The first-order chi connectivity index (χ1) is 21.6. The smallest absolute Gasteiger partial charge is 0.348 e. The van der Waals surface area contributed by atoms with E-state index in [0.29, 0.717) is 16.5 Å². The fourth-order valence-corrected chi connectivity index (χ4v) is 6.35. The number of hydrogen-bond acceptors (Lipinski definition) is 10. The maximum atomic E-state index is 13.2. The van der Waals surface area contributed by atoms with Crippen LogP contribution in [0, 0.1) is 20.8 Å². The van der Waals surface area contributed by atoms with E-state index in [2.05, 4.69) is 20.8 Å². The second-order valence-electron chi connectivity index (χ2n) is 9.93. The van der Waals surface area contributed by atoms with E-state index in [9.17, 15) is 19.2 Å². The van der Waals surface area contributed by atoms with Crippen LogP contribution in [0.5, 0.6) is 0 Å². The number of aromatic nitrogens is 3. The zero-order valence-electron chi connectivity index (χ0n) is 25.8. The van der Waals surface area contributed by atoms with E-state index in [-0.39, 0.29) is 53.3 Å². The van der Waals surface area contributed by atoms with Gasteiger partial charge in [-0.25, -0.2) is 9.59 Å². The first-order valence-corrected chi connectivity index (χ1v) is 16.2. The molecule has 4 rings (SSSR count). The quantitative estimate of drug-likeness (QED) is 0.148. The highest BCUT2D eigenvalue weighted by Gasteiger charge is 2.27. The van der Waals surface area contributed by atoms with Crippen LogP contribution in [0.15, 0.2) is 53.7 Å². The number of hydrogen-bond donors (Lipinski definition) is 2. The zero-order valence-corrected chi connectivity index (χ0v) is 27.4. The maximum Gasteiger partial charge on any atom is 0.348 e. The lowest BCUT2D eigenvalue weighted by atomic mass is 10.1. The Morgan fingerprint density at radius 2 is 1.58 bits per heavy atom. The molecule has 0 bridgehead atoms. The summed E-state index contributed by atoms with van der Waals surface area (Å²) in [4.78, 5) is 51.3. The predicted molar refractivity (Wildman–Crippen MR) is 173 cm³/mol. The monoisotopic (exact) mass is 649 g/mol. The van der Waals surface area contributed by atoms with Gasteiger partial charge in [-0.1, -0.05) is 54.2 Å². The number of aryl methyl sites for hydroxylation is 1. The number of thiophene rings is 1. The third-order valence-electron chi connectivity index (χ3n) is 6.84. The summed E-state index contributed by atoms with van der Waals surface area (Å²) in [6.45, 7) is 9.40. The molecule has 0 aliphatic rings. The number of ether oxygens (including phenoxy) is 2. The lowest BCUT2D eigenvalue weighted by Gasteiger charge is -2.15. The summed E-state index contributed by atoms with van der Waals surface area (Å²) in [6.07, 6.45) is 0.230. The lowest BCUT2D eigenvalue weighted by molar-refractivity contribution is -0.120. The normalized spacial score (nSPS) is 10.8. The Kier molecular flexibility index (Phi) is 11.5. The summed E-state index contributed by atoms with van der Waals surface area (Å²) in [7, 11) is 0. The number of esters is 2. The van der Waals surface area contributed by atoms with E-state index < -0.39 is 17.8 Å². The molecule has 13 heteroatoms. The Morgan fingerprint density at radius 1 is 0.867 bits per heavy atom. The van der Waals surface area contributed by atoms with E-state index in [4.69, 9.17) is 9.47 Å². The first kappa shape index (κ1) is 33.4. The molecule has 0 atom stereocenters. The van der Waals surface area contributed by atoms with Crippen LogP contribution in [0.1, 0.15) is 62.0 Å². The van der Waals surface area contributed by atoms with E-state index in [0.717, 1.165) is 45.5 Å². The van der Waals surface area contributed by atoms with Gasteiger partial charge in [-0.05, 0) is 62.9 Å². The van der Waals surface area contributed by atoms with Crippen molar-refractivity contribution in [1.29, 1.82) is 0 Å². The zero-order chi connectivity index (χ0) is 32.5. The second-order valence-corrected chi connectivity index (χ2v) is 11.9. The van der Waals surface area contributed by atoms with Gasteiger partial charge in [-0.2, -0.15) is 0 Å². The molecule has 0 spiro atoms. The largest absolute Gasteiger partial charge is 0.462 e. The van der Waals surface area contributed by atoms with Crippen LogP contribution in [-0.4, -0.2) is 57.5 Å². The average Bonchev–Trinajstić information content (AvgIpc) is 3.57. The van der Waals surface area contributed by atoms with Gasteiger partial charge in [0.25, 0.3) is 0 Å². The van der Waals surface area contributed by atoms with E-state index in [1.807, 2.05) is 66.9 Å². The standard InChI is InChI=1S/C32H35N5O6S2/c1-6-42-30(40)27-21(5)28(31(41)43-7-2)45-29(27)34-26(39)18-44-32-36-35-24(37(32)23-15-11-12-19(3)20(23)4)17-33-25(38)16-22-13-9-8-10-14-22/h8-15H,6-7,16-18H2,1-5H3,(H,33,38)(H,34,39). The number of nitrogens with one attached hydrogen (secondary N) is 2. The summed E-state index contributed by atoms with van der Waals surface area (Å²) in [6, 6.07) is 15.3. The Bertz CT molecular complexity index is 1700. The van der Waals surface area contributed by atoms with E-state index in [1.54, 1.807) is 20.8 Å². The molecular formula is C32H35N5O6S2. The fraction of sp³-hybridized carbons (Fsp3) is 0.312. The molecule has 0 fully saturated rings. The van der Waals surface area contributed by atoms with Gasteiger partial charge in [-0.3, -0.25) is 14.2 Å². The van der Waals surface area contributed by atoms with Crippen molar-refractivity contribution in [2.45, 2.75) is 52.7 Å². The molecule has 236 valence electrons. The molecule has 0 saturated heterocycles. The Balaban J connectivity index is 1.55. The molecule has 2 heterocycles. The maximum absolute atomic E-state index is 13.2. The van der Waals surface area contributed by atoms with Crippen molar-refractivity contribution in [3.8, 4) is 5.69 Å². The summed E-state index contributed by atoms with van der Waals surface area (Å²) >= 11 is 2.12. The molecular weight excluding hydrogens is 615 g/mol. The van der Waals surface area contributed by atoms with Crippen LogP contribution in [0.2, 0.25) is 0 Å². The topological polar surface area (TPSA) is 142 Å². The van der Waals surface area contributed by atoms with E-state index >= 15 is 0 Å². The SMILES string of the molecule is CCOC(=O)c1sc(NC(=O)CSc2nnc(CNC(=O)Cc3ccccc3)n2-c2cccc(C)c2C)c(C(=O)OCC)c1C. The van der Waals surface area contributed by atoms with Crippen LogP contribution < -0.4 is 10.6 Å². The van der Waals surface area contributed by atoms with Crippen LogP contribution in [0.3, 0.4) is 0 Å². The van der Waals surface area contributed by atoms with Crippen LogP contribution in [0.25, 0.3) is 5.69 Å².